The molecule has 0 spiro atoms. The van der Waals surface area contributed by atoms with Crippen LogP contribution in [0.2, 0.25) is 0 Å². The minimum absolute atomic E-state index is 0.0541. The highest BCUT2D eigenvalue weighted by Crippen LogP contribution is 2.45. The van der Waals surface area contributed by atoms with Crippen LogP contribution in [0.3, 0.4) is 0 Å². The number of rotatable bonds is 6. The first-order chi connectivity index (χ1) is 14.7. The van der Waals surface area contributed by atoms with E-state index in [0.717, 1.165) is 36.7 Å². The highest BCUT2D eigenvalue weighted by Gasteiger charge is 2.37. The highest BCUT2D eigenvalue weighted by molar-refractivity contribution is 7.88. The summed E-state index contributed by atoms with van der Waals surface area (Å²) >= 11 is 0.950. The van der Waals surface area contributed by atoms with Crippen LogP contribution in [0, 0.1) is 0 Å². The summed E-state index contributed by atoms with van der Waals surface area (Å²) in [6, 6.07) is 0.928. The molecule has 3 heterocycles. The maximum atomic E-state index is 13.9. The lowest BCUT2D eigenvalue weighted by molar-refractivity contribution is -0.136. The van der Waals surface area contributed by atoms with E-state index in [0.29, 0.717) is 18.1 Å². The molecule has 3 aromatic heterocycles. The number of hydrogen-bond acceptors (Lipinski definition) is 8. The summed E-state index contributed by atoms with van der Waals surface area (Å²) in [7, 11) is 0.243. The fraction of sp³-hybridized carbons (Fsp3) is 0.421. The zero-order valence-electron chi connectivity index (χ0n) is 16.5. The number of aliphatic hydroxyl groups is 1. The fourth-order valence-corrected chi connectivity index (χ4v) is 6.47. The number of fused-ring (bicyclic) bond motifs is 1. The lowest BCUT2D eigenvalue weighted by Crippen LogP contribution is -2.23. The molecular weight excluding hydrogens is 451 g/mol. The molecule has 1 saturated carbocycles. The molecule has 7 nitrogen and oxygen atoms in total. The zero-order chi connectivity index (χ0) is 22.3. The van der Waals surface area contributed by atoms with Crippen molar-refractivity contribution in [2.75, 3.05) is 30.8 Å². The molecule has 12 heteroatoms. The van der Waals surface area contributed by atoms with Gasteiger partial charge in [0.15, 0.2) is 0 Å². The molecule has 31 heavy (non-hydrogen) atoms. The Morgan fingerprint density at radius 1 is 1.32 bits per heavy atom. The van der Waals surface area contributed by atoms with Crippen molar-refractivity contribution < 1.29 is 22.5 Å². The molecular formula is C19H20F3N5O2S2. The molecule has 3 aromatic rings. The van der Waals surface area contributed by atoms with Crippen LogP contribution in [0.15, 0.2) is 22.7 Å². The Morgan fingerprint density at radius 3 is 2.55 bits per heavy atom. The fourth-order valence-electron chi connectivity index (χ4n) is 3.26. The molecule has 1 fully saturated rings. The van der Waals surface area contributed by atoms with Crippen molar-refractivity contribution in [3.05, 3.63) is 24.0 Å². The minimum atomic E-state index is -4.66. The van der Waals surface area contributed by atoms with Gasteiger partial charge in [0.1, 0.15) is 9.04 Å². The maximum absolute atomic E-state index is 13.9. The molecule has 3 N–H and O–H groups in total. The van der Waals surface area contributed by atoms with Gasteiger partial charge in [0.2, 0.25) is 5.95 Å². The Kier molecular flexibility index (Phi) is 5.88. The highest BCUT2D eigenvalue weighted by atomic mass is 32.2. The van der Waals surface area contributed by atoms with Gasteiger partial charge in [0.25, 0.3) is 0 Å². The van der Waals surface area contributed by atoms with Gasteiger partial charge >= 0.3 is 6.18 Å². The number of halogens is 3. The number of likely N-dealkylation sites (N-methyl/N-ethyl adjacent to an activating group) is 1. The third-order valence-corrected chi connectivity index (χ3v) is 8.52. The van der Waals surface area contributed by atoms with Gasteiger partial charge in [-0.1, -0.05) is 6.42 Å². The van der Waals surface area contributed by atoms with E-state index in [2.05, 4.69) is 15.0 Å². The quantitative estimate of drug-likeness (QED) is 0.567. The van der Waals surface area contributed by atoms with E-state index in [9.17, 15) is 17.4 Å². The van der Waals surface area contributed by atoms with Crippen LogP contribution in [0.1, 0.15) is 24.8 Å². The predicted octanol–water partition coefficient (Wildman–Crippen LogP) is 3.44. The van der Waals surface area contributed by atoms with E-state index < -0.39 is 22.5 Å². The molecule has 4 rings (SSSR count). The second kappa shape index (κ2) is 8.32. The predicted molar refractivity (Wildman–Crippen MR) is 114 cm³/mol. The van der Waals surface area contributed by atoms with Crippen LogP contribution in [-0.4, -0.2) is 49.7 Å². The number of nitrogens with zero attached hydrogens (tertiary/aromatic N) is 4. The van der Waals surface area contributed by atoms with Crippen LogP contribution in [-0.2, 0) is 17.0 Å². The third kappa shape index (κ3) is 4.11. The number of pyridine rings is 1. The van der Waals surface area contributed by atoms with Crippen molar-refractivity contribution in [3.8, 4) is 11.3 Å². The maximum Gasteiger partial charge on any atom is 0.417 e. The Hall–Kier alpha value is -2.31. The van der Waals surface area contributed by atoms with Crippen molar-refractivity contribution in [2.24, 2.45) is 0 Å². The van der Waals surface area contributed by atoms with Gasteiger partial charge in [0, 0.05) is 42.2 Å². The van der Waals surface area contributed by atoms with Crippen molar-refractivity contribution >= 4 is 44.0 Å². The average molecular weight is 472 g/mol. The van der Waals surface area contributed by atoms with Crippen molar-refractivity contribution in [1.29, 1.82) is 0 Å². The van der Waals surface area contributed by atoms with Crippen LogP contribution >= 0.6 is 11.3 Å². The number of nitrogens with two attached hydrogens (primary N) is 1. The topological polar surface area (TPSA) is 105 Å². The molecule has 0 saturated heterocycles. The minimum Gasteiger partial charge on any atom is -0.396 e. The first kappa shape index (κ1) is 21.9. The van der Waals surface area contributed by atoms with Crippen LogP contribution in [0.25, 0.3) is 21.5 Å². The van der Waals surface area contributed by atoms with Gasteiger partial charge in [-0.25, -0.2) is 15.0 Å². The Bertz CT molecular complexity index is 1130. The number of anilines is 2. The molecule has 0 bridgehead atoms. The van der Waals surface area contributed by atoms with Gasteiger partial charge < -0.3 is 15.7 Å². The van der Waals surface area contributed by atoms with Crippen LogP contribution < -0.4 is 10.6 Å². The number of thiophene rings is 1. The molecule has 0 aromatic carbocycles. The SMILES string of the molecule is CN(CCO)c1ncc(-c2cc(C(F)(F)F)c3c(N)c(S(=O)C4CCC4)sc3n2)cn1. The molecule has 0 aliphatic heterocycles. The number of aromatic nitrogens is 3. The summed E-state index contributed by atoms with van der Waals surface area (Å²) in [6.07, 6.45) is 0.617. The standard InChI is InChI=1S/C19H20F3N5O2S2/c1-27(5-6-28)18-24-8-10(9-25-18)13-7-12(19(20,21)22)14-15(23)17(30-16(14)26-13)31(29)11-3-2-4-11/h7-9,11,28H,2-6,23H2,1H3. The van der Waals surface area contributed by atoms with E-state index in [1.807, 2.05) is 0 Å². The first-order valence-corrected chi connectivity index (χ1v) is 11.6. The van der Waals surface area contributed by atoms with E-state index in [4.69, 9.17) is 10.8 Å². The lowest BCUT2D eigenvalue weighted by atomic mass is 10.0. The smallest absolute Gasteiger partial charge is 0.396 e. The summed E-state index contributed by atoms with van der Waals surface area (Å²) in [4.78, 5) is 14.4. The molecule has 0 radical (unpaired) electrons. The monoisotopic (exact) mass is 471 g/mol. The third-order valence-electron chi connectivity index (χ3n) is 5.22. The van der Waals surface area contributed by atoms with Gasteiger partial charge in [0.05, 0.1) is 34.4 Å². The van der Waals surface area contributed by atoms with Crippen molar-refractivity contribution in [3.63, 3.8) is 0 Å². The molecule has 166 valence electrons. The molecule has 1 atom stereocenters. The Balaban J connectivity index is 1.81. The van der Waals surface area contributed by atoms with Gasteiger partial charge in [-0.3, -0.25) is 4.21 Å². The van der Waals surface area contributed by atoms with Gasteiger partial charge in [-0.15, -0.1) is 11.3 Å². The van der Waals surface area contributed by atoms with E-state index in [1.165, 1.54) is 12.4 Å². The zero-order valence-corrected chi connectivity index (χ0v) is 18.1. The summed E-state index contributed by atoms with van der Waals surface area (Å²) < 4.78 is 54.7. The molecule has 1 aliphatic carbocycles. The van der Waals surface area contributed by atoms with Crippen molar-refractivity contribution in [2.45, 2.75) is 34.9 Å². The molecule has 1 aliphatic rings. The van der Waals surface area contributed by atoms with E-state index >= 15 is 0 Å². The Labute approximate surface area is 182 Å². The van der Waals surface area contributed by atoms with E-state index in [1.54, 1.807) is 11.9 Å². The summed E-state index contributed by atoms with van der Waals surface area (Å²) in [6.45, 7) is 0.232. The van der Waals surface area contributed by atoms with Gasteiger partial charge in [-0.2, -0.15) is 13.2 Å². The number of aliphatic hydroxyl groups excluding tert-OH is 1. The van der Waals surface area contributed by atoms with Crippen LogP contribution in [0.5, 0.6) is 0 Å². The first-order valence-electron chi connectivity index (χ1n) is 9.56. The summed E-state index contributed by atoms with van der Waals surface area (Å²) in [5, 5.41) is 8.74. The summed E-state index contributed by atoms with van der Waals surface area (Å²) in [5.74, 6) is 0.327. The Morgan fingerprint density at radius 2 is 2.00 bits per heavy atom. The van der Waals surface area contributed by atoms with Crippen molar-refractivity contribution in [1.82, 2.24) is 15.0 Å². The normalized spacial score (nSPS) is 15.8. The summed E-state index contributed by atoms with van der Waals surface area (Å²) in [5.41, 5.74) is 5.39. The molecule has 1 unspecified atom stereocenters. The average Bonchev–Trinajstić information content (AvgIpc) is 3.02. The number of hydrogen-bond donors (Lipinski definition) is 2. The number of alkyl halides is 3. The largest absolute Gasteiger partial charge is 0.417 e. The van der Waals surface area contributed by atoms with E-state index in [-0.39, 0.29) is 37.7 Å². The second-order valence-electron chi connectivity index (χ2n) is 7.30. The van der Waals surface area contributed by atoms with Crippen LogP contribution in [0.4, 0.5) is 24.8 Å². The molecule has 0 amide bonds. The second-order valence-corrected chi connectivity index (χ2v) is 10.2. The lowest BCUT2D eigenvalue weighted by Gasteiger charge is -2.23. The number of nitrogen functional groups attached to an aromatic ring is 1. The van der Waals surface area contributed by atoms with Gasteiger partial charge in [-0.05, 0) is 18.9 Å².